The number of aliphatic hydroxyl groups is 1. The Hall–Kier alpha value is -0.870. The van der Waals surface area contributed by atoms with Crippen LogP contribution in [0.1, 0.15) is 43.1 Å². The number of thiophene rings is 1. The molecule has 2 N–H and O–H groups in total. The average Bonchev–Trinajstić information content (AvgIpc) is 2.48. The fourth-order valence-corrected chi connectivity index (χ4v) is 2.25. The van der Waals surface area contributed by atoms with Gasteiger partial charge in [0.1, 0.15) is 0 Å². The number of carboxylic acid groups (broad SMARTS) is 1. The van der Waals surface area contributed by atoms with E-state index in [1.165, 1.54) is 11.3 Å². The molecule has 4 heteroatoms. The molecule has 0 fully saturated rings. The second-order valence-electron chi connectivity index (χ2n) is 4.57. The Morgan fingerprint density at radius 1 is 1.47 bits per heavy atom. The van der Waals surface area contributed by atoms with E-state index in [1.807, 2.05) is 6.07 Å². The van der Waals surface area contributed by atoms with Crippen LogP contribution in [0.25, 0.3) is 0 Å². The molecule has 1 atom stereocenters. The summed E-state index contributed by atoms with van der Waals surface area (Å²) < 4.78 is 0. The third kappa shape index (κ3) is 3.32. The molecule has 3 nitrogen and oxygen atoms in total. The zero-order chi connectivity index (χ0) is 11.6. The Balaban J connectivity index is 2.80. The normalized spacial score (nSPS) is 13.9. The second kappa shape index (κ2) is 4.33. The van der Waals surface area contributed by atoms with Gasteiger partial charge in [0.2, 0.25) is 0 Å². The van der Waals surface area contributed by atoms with Gasteiger partial charge in [-0.3, -0.25) is 4.79 Å². The number of carboxylic acids is 1. The Morgan fingerprint density at radius 2 is 2.07 bits per heavy atom. The molecule has 0 saturated carbocycles. The molecular weight excluding hydrogens is 212 g/mol. The third-order valence-electron chi connectivity index (χ3n) is 2.06. The first-order chi connectivity index (χ1) is 6.80. The Bertz CT molecular complexity index is 349. The minimum Gasteiger partial charge on any atom is -0.481 e. The van der Waals surface area contributed by atoms with Gasteiger partial charge in [0.15, 0.2) is 0 Å². The molecule has 0 aliphatic carbocycles. The maximum atomic E-state index is 10.4. The molecule has 1 unspecified atom stereocenters. The maximum Gasteiger partial charge on any atom is 0.306 e. The highest BCUT2D eigenvalue weighted by Crippen LogP contribution is 2.33. The van der Waals surface area contributed by atoms with E-state index in [0.29, 0.717) is 0 Å². The summed E-state index contributed by atoms with van der Waals surface area (Å²) in [5.74, 6) is -0.979. The molecule has 0 aliphatic heterocycles. The molecule has 0 saturated heterocycles. The van der Waals surface area contributed by atoms with Gasteiger partial charge in [-0.05, 0) is 17.5 Å². The SMILES string of the molecule is CC(C)(C)c1ccc(C(O)CC(=O)O)s1. The van der Waals surface area contributed by atoms with Crippen LogP contribution in [-0.2, 0) is 10.2 Å². The van der Waals surface area contributed by atoms with E-state index in [4.69, 9.17) is 5.11 Å². The summed E-state index contributed by atoms with van der Waals surface area (Å²) in [5, 5.41) is 18.2. The summed E-state index contributed by atoms with van der Waals surface area (Å²) >= 11 is 1.48. The molecule has 1 aromatic rings. The lowest BCUT2D eigenvalue weighted by atomic mass is 9.95. The first-order valence-electron chi connectivity index (χ1n) is 4.81. The van der Waals surface area contributed by atoms with Crippen LogP contribution in [0.5, 0.6) is 0 Å². The molecule has 84 valence electrons. The van der Waals surface area contributed by atoms with Gasteiger partial charge in [-0.1, -0.05) is 20.8 Å². The van der Waals surface area contributed by atoms with Crippen molar-refractivity contribution in [1.29, 1.82) is 0 Å². The number of carbonyl (C=O) groups is 1. The lowest BCUT2D eigenvalue weighted by Gasteiger charge is -2.15. The fraction of sp³-hybridized carbons (Fsp3) is 0.545. The summed E-state index contributed by atoms with van der Waals surface area (Å²) in [4.78, 5) is 12.3. The molecule has 1 heterocycles. The van der Waals surface area contributed by atoms with E-state index in [9.17, 15) is 9.90 Å². The van der Waals surface area contributed by atoms with Gasteiger partial charge in [-0.2, -0.15) is 0 Å². The van der Waals surface area contributed by atoms with Crippen LogP contribution in [0.4, 0.5) is 0 Å². The van der Waals surface area contributed by atoms with E-state index < -0.39 is 12.1 Å². The van der Waals surface area contributed by atoms with E-state index in [1.54, 1.807) is 6.07 Å². The second-order valence-corrected chi connectivity index (χ2v) is 5.68. The lowest BCUT2D eigenvalue weighted by molar-refractivity contribution is -0.139. The van der Waals surface area contributed by atoms with Crippen LogP contribution < -0.4 is 0 Å². The number of hydrogen-bond donors (Lipinski definition) is 2. The first-order valence-corrected chi connectivity index (χ1v) is 5.62. The number of aliphatic carboxylic acids is 1. The van der Waals surface area contributed by atoms with E-state index in [2.05, 4.69) is 20.8 Å². The van der Waals surface area contributed by atoms with Crippen molar-refractivity contribution < 1.29 is 15.0 Å². The molecule has 0 amide bonds. The lowest BCUT2D eigenvalue weighted by Crippen LogP contribution is -2.08. The van der Waals surface area contributed by atoms with Gasteiger partial charge in [-0.15, -0.1) is 11.3 Å². The molecule has 1 rings (SSSR count). The number of rotatable bonds is 3. The van der Waals surface area contributed by atoms with Gasteiger partial charge in [0, 0.05) is 9.75 Å². The van der Waals surface area contributed by atoms with Crippen LogP contribution in [0, 0.1) is 0 Å². The van der Waals surface area contributed by atoms with Gasteiger partial charge >= 0.3 is 5.97 Å². The summed E-state index contributed by atoms with van der Waals surface area (Å²) in [5.41, 5.74) is 0.0475. The number of hydrogen-bond acceptors (Lipinski definition) is 3. The molecular formula is C11H16O3S. The summed E-state index contributed by atoms with van der Waals surface area (Å²) in [6.45, 7) is 6.27. The van der Waals surface area contributed by atoms with Crippen molar-refractivity contribution in [1.82, 2.24) is 0 Å². The van der Waals surface area contributed by atoms with E-state index in [-0.39, 0.29) is 11.8 Å². The predicted molar refractivity (Wildman–Crippen MR) is 60.2 cm³/mol. The molecule has 1 aromatic heterocycles. The molecule has 0 bridgehead atoms. The van der Waals surface area contributed by atoms with Gasteiger partial charge in [0.25, 0.3) is 0 Å². The Kier molecular flexibility index (Phi) is 3.52. The van der Waals surface area contributed by atoms with Crippen LogP contribution >= 0.6 is 11.3 Å². The summed E-state index contributed by atoms with van der Waals surface area (Å²) in [6.07, 6.45) is -1.12. The topological polar surface area (TPSA) is 57.5 Å². The van der Waals surface area contributed by atoms with Crippen molar-refractivity contribution in [2.75, 3.05) is 0 Å². The largest absolute Gasteiger partial charge is 0.481 e. The van der Waals surface area contributed by atoms with Crippen LogP contribution in [0.2, 0.25) is 0 Å². The van der Waals surface area contributed by atoms with Crippen LogP contribution in [0.3, 0.4) is 0 Å². The zero-order valence-corrected chi connectivity index (χ0v) is 9.97. The monoisotopic (exact) mass is 228 g/mol. The van der Waals surface area contributed by atoms with Crippen molar-refractivity contribution in [2.24, 2.45) is 0 Å². The van der Waals surface area contributed by atoms with Crippen molar-refractivity contribution in [3.63, 3.8) is 0 Å². The van der Waals surface area contributed by atoms with E-state index in [0.717, 1.165) is 9.75 Å². The zero-order valence-electron chi connectivity index (χ0n) is 9.15. The van der Waals surface area contributed by atoms with Gasteiger partial charge in [0.05, 0.1) is 12.5 Å². The highest BCUT2D eigenvalue weighted by molar-refractivity contribution is 7.12. The summed E-state index contributed by atoms with van der Waals surface area (Å²) in [7, 11) is 0. The maximum absolute atomic E-state index is 10.4. The third-order valence-corrected chi connectivity index (χ3v) is 3.67. The Labute approximate surface area is 93.4 Å². The first kappa shape index (κ1) is 12.2. The highest BCUT2D eigenvalue weighted by atomic mass is 32.1. The minimum atomic E-state index is -0.979. The fourth-order valence-electron chi connectivity index (χ4n) is 1.20. The van der Waals surface area contributed by atoms with Crippen molar-refractivity contribution in [3.05, 3.63) is 21.9 Å². The van der Waals surface area contributed by atoms with E-state index >= 15 is 0 Å². The molecule has 0 spiro atoms. The summed E-state index contributed by atoms with van der Waals surface area (Å²) in [6, 6.07) is 3.75. The van der Waals surface area contributed by atoms with Crippen molar-refractivity contribution in [3.8, 4) is 0 Å². The highest BCUT2D eigenvalue weighted by Gasteiger charge is 2.19. The quantitative estimate of drug-likeness (QED) is 0.836. The number of aliphatic hydroxyl groups excluding tert-OH is 1. The van der Waals surface area contributed by atoms with Crippen molar-refractivity contribution >= 4 is 17.3 Å². The van der Waals surface area contributed by atoms with Gasteiger partial charge < -0.3 is 10.2 Å². The minimum absolute atomic E-state index is 0.0475. The molecule has 0 aromatic carbocycles. The molecule has 15 heavy (non-hydrogen) atoms. The van der Waals surface area contributed by atoms with Crippen LogP contribution in [-0.4, -0.2) is 16.2 Å². The van der Waals surface area contributed by atoms with Crippen molar-refractivity contribution in [2.45, 2.75) is 38.7 Å². The van der Waals surface area contributed by atoms with Gasteiger partial charge in [-0.25, -0.2) is 0 Å². The molecule has 0 radical (unpaired) electrons. The predicted octanol–water partition coefficient (Wildman–Crippen LogP) is 2.55. The average molecular weight is 228 g/mol. The molecule has 0 aliphatic rings. The van der Waals surface area contributed by atoms with Crippen LogP contribution in [0.15, 0.2) is 12.1 Å². The Morgan fingerprint density at radius 3 is 2.47 bits per heavy atom. The standard InChI is InChI=1S/C11H16O3S/c1-11(2,3)9-5-4-8(15-9)7(12)6-10(13)14/h4-5,7,12H,6H2,1-3H3,(H,13,14). The smallest absolute Gasteiger partial charge is 0.306 e.